The summed E-state index contributed by atoms with van der Waals surface area (Å²) in [5.41, 5.74) is 16.2. The zero-order valence-electron chi connectivity index (χ0n) is 29.8. The Morgan fingerprint density at radius 3 is 1.87 bits per heavy atom. The molecule has 252 valence electrons. The molecule has 1 spiro atoms. The van der Waals surface area contributed by atoms with E-state index in [1.807, 2.05) is 0 Å². The molecule has 0 bridgehead atoms. The molecule has 2 nitrogen and oxygen atoms in total. The Morgan fingerprint density at radius 1 is 0.463 bits per heavy atom. The molecule has 0 amide bonds. The molecule has 0 radical (unpaired) electrons. The van der Waals surface area contributed by atoms with E-state index in [1.54, 1.807) is 0 Å². The first kappa shape index (κ1) is 29.8. The highest BCUT2D eigenvalue weighted by Crippen LogP contribution is 2.66. The number of hydrogen-bond acceptors (Lipinski definition) is 1. The SMILES string of the molecule is CCn1c(-c2cccc(-c3ccc4c5c(ccc4c3)-c3c(c4ccccc4c4ccccc34)C53c4ccccc4-c4ccccc43)c2)nc2ccccc21. The first-order valence-electron chi connectivity index (χ1n) is 19.0. The Labute approximate surface area is 313 Å². The maximum Gasteiger partial charge on any atom is 0.141 e. The van der Waals surface area contributed by atoms with Gasteiger partial charge in [0.25, 0.3) is 0 Å². The molecule has 1 aromatic heterocycles. The van der Waals surface area contributed by atoms with Gasteiger partial charge in [-0.25, -0.2) is 4.98 Å². The molecule has 0 atom stereocenters. The number of fused-ring (bicyclic) bond motifs is 18. The molecule has 2 aliphatic carbocycles. The number of aromatic nitrogens is 2. The van der Waals surface area contributed by atoms with Crippen LogP contribution in [0.5, 0.6) is 0 Å². The zero-order valence-corrected chi connectivity index (χ0v) is 29.8. The second kappa shape index (κ2) is 10.9. The fourth-order valence-corrected chi connectivity index (χ4v) is 10.3. The van der Waals surface area contributed by atoms with Crippen LogP contribution in [0, 0.1) is 0 Å². The van der Waals surface area contributed by atoms with Gasteiger partial charge >= 0.3 is 0 Å². The Balaban J connectivity index is 1.15. The van der Waals surface area contributed by atoms with E-state index in [4.69, 9.17) is 4.98 Å². The molecule has 2 heteroatoms. The molecule has 0 fully saturated rings. The van der Waals surface area contributed by atoms with Crippen molar-refractivity contribution in [2.75, 3.05) is 0 Å². The van der Waals surface area contributed by atoms with Crippen LogP contribution in [0.1, 0.15) is 29.2 Å². The van der Waals surface area contributed by atoms with Crippen LogP contribution in [-0.2, 0) is 12.0 Å². The van der Waals surface area contributed by atoms with Crippen molar-refractivity contribution in [3.05, 3.63) is 198 Å². The Kier molecular flexibility index (Phi) is 6.00. The van der Waals surface area contributed by atoms with E-state index in [0.29, 0.717) is 0 Å². The van der Waals surface area contributed by atoms with E-state index in [2.05, 4.69) is 187 Å². The molecule has 0 unspecified atom stereocenters. The molecule has 54 heavy (non-hydrogen) atoms. The van der Waals surface area contributed by atoms with Crippen molar-refractivity contribution in [3.8, 4) is 44.8 Å². The fraction of sp³-hybridized carbons (Fsp3) is 0.0577. The molecule has 0 saturated carbocycles. The maximum atomic E-state index is 5.08. The third-order valence-corrected chi connectivity index (χ3v) is 12.3. The minimum absolute atomic E-state index is 0.471. The predicted octanol–water partition coefficient (Wildman–Crippen LogP) is 13.2. The lowest BCUT2D eigenvalue weighted by molar-refractivity contribution is 0.796. The largest absolute Gasteiger partial charge is 0.324 e. The van der Waals surface area contributed by atoms with Crippen LogP contribution < -0.4 is 0 Å². The van der Waals surface area contributed by atoms with Crippen LogP contribution in [0.2, 0.25) is 0 Å². The van der Waals surface area contributed by atoms with Crippen molar-refractivity contribution in [2.24, 2.45) is 0 Å². The van der Waals surface area contributed by atoms with Gasteiger partial charge in [0.1, 0.15) is 5.82 Å². The van der Waals surface area contributed by atoms with Crippen molar-refractivity contribution in [1.82, 2.24) is 9.55 Å². The van der Waals surface area contributed by atoms with Gasteiger partial charge in [-0.3, -0.25) is 0 Å². The van der Waals surface area contributed by atoms with Gasteiger partial charge < -0.3 is 4.57 Å². The van der Waals surface area contributed by atoms with Crippen LogP contribution >= 0.6 is 0 Å². The number of hydrogen-bond donors (Lipinski definition) is 0. The molecule has 0 aliphatic heterocycles. The topological polar surface area (TPSA) is 17.8 Å². The van der Waals surface area contributed by atoms with E-state index in [0.717, 1.165) is 23.4 Å². The minimum atomic E-state index is -0.471. The normalized spacial score (nSPS) is 13.5. The lowest BCUT2D eigenvalue weighted by atomic mass is 9.68. The lowest BCUT2D eigenvalue weighted by Gasteiger charge is -2.32. The first-order chi connectivity index (χ1) is 26.8. The lowest BCUT2D eigenvalue weighted by Crippen LogP contribution is -2.26. The van der Waals surface area contributed by atoms with Gasteiger partial charge in [-0.05, 0) is 119 Å². The summed E-state index contributed by atoms with van der Waals surface area (Å²) in [6, 6.07) is 65.6. The minimum Gasteiger partial charge on any atom is -0.324 e. The number of para-hydroxylation sites is 2. The van der Waals surface area contributed by atoms with Gasteiger partial charge in [-0.2, -0.15) is 0 Å². The second-order valence-corrected chi connectivity index (χ2v) is 14.9. The first-order valence-corrected chi connectivity index (χ1v) is 19.0. The van der Waals surface area contributed by atoms with Gasteiger partial charge in [0.05, 0.1) is 16.4 Å². The smallest absolute Gasteiger partial charge is 0.141 e. The monoisotopic (exact) mass is 686 g/mol. The molecule has 9 aromatic carbocycles. The van der Waals surface area contributed by atoms with Crippen LogP contribution in [0.3, 0.4) is 0 Å². The van der Waals surface area contributed by atoms with Crippen LogP contribution in [0.4, 0.5) is 0 Å². The van der Waals surface area contributed by atoms with E-state index in [9.17, 15) is 0 Å². The summed E-state index contributed by atoms with van der Waals surface area (Å²) in [5, 5.41) is 7.81. The summed E-state index contributed by atoms with van der Waals surface area (Å²) < 4.78 is 2.32. The third-order valence-electron chi connectivity index (χ3n) is 12.3. The number of aryl methyl sites for hydroxylation is 1. The summed E-state index contributed by atoms with van der Waals surface area (Å²) in [7, 11) is 0. The summed E-state index contributed by atoms with van der Waals surface area (Å²) in [6.07, 6.45) is 0. The Morgan fingerprint density at radius 2 is 1.09 bits per heavy atom. The number of nitrogens with zero attached hydrogens (tertiary/aromatic N) is 2. The van der Waals surface area contributed by atoms with Crippen molar-refractivity contribution in [3.63, 3.8) is 0 Å². The van der Waals surface area contributed by atoms with Crippen LogP contribution in [-0.4, -0.2) is 9.55 Å². The molecule has 2 aliphatic rings. The average Bonchev–Trinajstić information content (AvgIpc) is 3.88. The van der Waals surface area contributed by atoms with Gasteiger partial charge in [0.15, 0.2) is 0 Å². The molecule has 0 saturated heterocycles. The summed E-state index contributed by atoms with van der Waals surface area (Å²) in [5.74, 6) is 1.01. The van der Waals surface area contributed by atoms with Crippen LogP contribution in [0.25, 0.3) is 88.1 Å². The van der Waals surface area contributed by atoms with Gasteiger partial charge in [-0.1, -0.05) is 152 Å². The highest BCUT2D eigenvalue weighted by molar-refractivity contribution is 6.21. The quantitative estimate of drug-likeness (QED) is 0.169. The van der Waals surface area contributed by atoms with Gasteiger partial charge in [0, 0.05) is 12.1 Å². The summed E-state index contributed by atoms with van der Waals surface area (Å²) in [4.78, 5) is 5.08. The van der Waals surface area contributed by atoms with Crippen molar-refractivity contribution >= 4 is 43.4 Å². The molecule has 12 rings (SSSR count). The predicted molar refractivity (Wildman–Crippen MR) is 225 cm³/mol. The Bertz CT molecular complexity index is 3170. The van der Waals surface area contributed by atoms with E-state index < -0.39 is 5.41 Å². The average molecular weight is 687 g/mol. The maximum absolute atomic E-state index is 5.08. The Hall–Kier alpha value is -6.77. The van der Waals surface area contributed by atoms with Crippen molar-refractivity contribution in [1.29, 1.82) is 0 Å². The molecular weight excluding hydrogens is 653 g/mol. The second-order valence-electron chi connectivity index (χ2n) is 14.9. The van der Waals surface area contributed by atoms with Gasteiger partial charge in [0.2, 0.25) is 0 Å². The molecule has 0 N–H and O–H groups in total. The van der Waals surface area contributed by atoms with E-state index in [-0.39, 0.29) is 0 Å². The molecular formula is C52H34N2. The number of rotatable bonds is 3. The molecule has 1 heterocycles. The summed E-state index contributed by atoms with van der Waals surface area (Å²) in [6.45, 7) is 3.06. The summed E-state index contributed by atoms with van der Waals surface area (Å²) >= 11 is 0. The molecule has 10 aromatic rings. The highest BCUT2D eigenvalue weighted by atomic mass is 15.1. The van der Waals surface area contributed by atoms with Crippen LogP contribution in [0.15, 0.2) is 176 Å². The number of imidazole rings is 1. The van der Waals surface area contributed by atoms with E-state index in [1.165, 1.54) is 93.5 Å². The standard InChI is InChI=1S/C52H34N2/c1-2-54-47-25-12-11-24-46(47)53-51(54)35-15-13-14-32(31-35)33-26-28-36-34(30-33)27-29-43-48-41-20-5-3-16-37(41)38-17-4-6-21-42(38)50(48)52(49(36)43)44-22-9-7-18-39(44)40-19-8-10-23-45(40)52/h3-31H,2H2,1H3. The van der Waals surface area contributed by atoms with Crippen molar-refractivity contribution in [2.45, 2.75) is 18.9 Å². The van der Waals surface area contributed by atoms with Crippen molar-refractivity contribution < 1.29 is 0 Å². The third kappa shape index (κ3) is 3.72. The highest BCUT2D eigenvalue weighted by Gasteiger charge is 2.53. The fourth-order valence-electron chi connectivity index (χ4n) is 10.3. The van der Waals surface area contributed by atoms with E-state index >= 15 is 0 Å². The number of benzene rings is 9. The zero-order chi connectivity index (χ0) is 35.5. The van der Waals surface area contributed by atoms with Gasteiger partial charge in [-0.15, -0.1) is 0 Å².